The molecule has 1 aromatic rings. The molecule has 0 aliphatic carbocycles. The second-order valence-electron chi connectivity index (χ2n) is 3.91. The zero-order chi connectivity index (χ0) is 11.8. The van der Waals surface area contributed by atoms with Crippen molar-refractivity contribution in [2.24, 2.45) is 0 Å². The monoisotopic (exact) mass is 236 g/mol. The maximum atomic E-state index is 11.6. The summed E-state index contributed by atoms with van der Waals surface area (Å²) in [5.41, 5.74) is -0.127. The zero-order valence-corrected chi connectivity index (χ0v) is 10.2. The molecule has 0 aromatic carbocycles. The lowest BCUT2D eigenvalue weighted by Crippen LogP contribution is -2.27. The van der Waals surface area contributed by atoms with E-state index in [1.165, 1.54) is 17.8 Å². The Morgan fingerprint density at radius 2 is 2.19 bits per heavy atom. The van der Waals surface area contributed by atoms with E-state index in [9.17, 15) is 4.79 Å². The molecule has 1 aromatic heterocycles. The Balaban J connectivity index is 2.33. The lowest BCUT2D eigenvalue weighted by Gasteiger charge is -2.17. The quantitative estimate of drug-likeness (QED) is 0.580. The van der Waals surface area contributed by atoms with Crippen LogP contribution in [0.5, 0.6) is 0 Å². The largest absolute Gasteiger partial charge is 0.477 e. The van der Waals surface area contributed by atoms with E-state index in [1.54, 1.807) is 26.1 Å². The van der Waals surface area contributed by atoms with Crippen LogP contribution in [0.3, 0.4) is 0 Å². The van der Waals surface area contributed by atoms with E-state index in [2.05, 4.69) is 9.97 Å². The van der Waals surface area contributed by atoms with E-state index < -0.39 is 5.60 Å². The van der Waals surface area contributed by atoms with E-state index in [0.29, 0.717) is 16.6 Å². The fraction of sp³-hybridized carbons (Fsp3) is 0.364. The van der Waals surface area contributed by atoms with Gasteiger partial charge in [-0.1, -0.05) is 11.8 Å². The van der Waals surface area contributed by atoms with Crippen LogP contribution in [0, 0.1) is 0 Å². The second-order valence-corrected chi connectivity index (χ2v) is 4.69. The first-order valence-electron chi connectivity index (χ1n) is 4.85. The fourth-order valence-corrected chi connectivity index (χ4v) is 1.71. The van der Waals surface area contributed by atoms with Gasteiger partial charge in [-0.2, -0.15) is 0 Å². The average Bonchev–Trinajstić information content (AvgIpc) is 2.54. The van der Waals surface area contributed by atoms with Crippen LogP contribution in [0.15, 0.2) is 23.5 Å². The Morgan fingerprint density at radius 1 is 1.44 bits per heavy atom. The molecule has 0 saturated carbocycles. The normalized spacial score (nSPS) is 18.2. The molecule has 0 unspecified atom stereocenters. The SMILES string of the molecule is CSc1nccc(C2=CC(=O)C(C)(C)O2)n1. The first kappa shape index (κ1) is 11.1. The van der Waals surface area contributed by atoms with E-state index in [0.717, 1.165) is 0 Å². The number of thioether (sulfide) groups is 1. The highest BCUT2D eigenvalue weighted by Crippen LogP contribution is 2.30. The number of ketones is 1. The molecule has 84 valence electrons. The smallest absolute Gasteiger partial charge is 0.202 e. The standard InChI is InChI=1S/C11H12N2O2S/c1-11(2)9(14)6-8(15-11)7-4-5-12-10(13-7)16-3/h4-6H,1-3H3. The van der Waals surface area contributed by atoms with Gasteiger partial charge in [-0.25, -0.2) is 9.97 Å². The summed E-state index contributed by atoms with van der Waals surface area (Å²) in [5, 5.41) is 0.666. The summed E-state index contributed by atoms with van der Waals surface area (Å²) in [6.07, 6.45) is 5.05. The Morgan fingerprint density at radius 3 is 2.75 bits per heavy atom. The lowest BCUT2D eigenvalue weighted by atomic mass is 10.1. The minimum Gasteiger partial charge on any atom is -0.477 e. The molecule has 0 fully saturated rings. The van der Waals surface area contributed by atoms with Crippen molar-refractivity contribution in [3.8, 4) is 0 Å². The highest BCUT2D eigenvalue weighted by molar-refractivity contribution is 7.98. The van der Waals surface area contributed by atoms with E-state index in [-0.39, 0.29) is 5.78 Å². The number of carbonyl (C=O) groups is 1. The van der Waals surface area contributed by atoms with Gasteiger partial charge < -0.3 is 4.74 Å². The van der Waals surface area contributed by atoms with Gasteiger partial charge in [0.1, 0.15) is 11.5 Å². The molecule has 1 aliphatic heterocycles. The summed E-state index contributed by atoms with van der Waals surface area (Å²) in [7, 11) is 0. The van der Waals surface area contributed by atoms with E-state index in [4.69, 9.17) is 4.74 Å². The zero-order valence-electron chi connectivity index (χ0n) is 9.35. The molecule has 0 atom stereocenters. The predicted octanol–water partition coefficient (Wildman–Crippen LogP) is 1.92. The van der Waals surface area contributed by atoms with Crippen LogP contribution in [0.4, 0.5) is 0 Å². The van der Waals surface area contributed by atoms with Crippen molar-refractivity contribution in [2.75, 3.05) is 6.26 Å². The topological polar surface area (TPSA) is 52.1 Å². The number of rotatable bonds is 2. The molecule has 0 spiro atoms. The van der Waals surface area contributed by atoms with E-state index >= 15 is 0 Å². The van der Waals surface area contributed by atoms with Crippen LogP contribution in [-0.2, 0) is 9.53 Å². The van der Waals surface area contributed by atoms with Crippen LogP contribution >= 0.6 is 11.8 Å². The molecule has 4 nitrogen and oxygen atoms in total. The summed E-state index contributed by atoms with van der Waals surface area (Å²) in [6, 6.07) is 1.74. The van der Waals surface area contributed by atoms with Crippen molar-refractivity contribution in [3.05, 3.63) is 24.0 Å². The molecule has 2 heterocycles. The molecule has 0 saturated heterocycles. The van der Waals surface area contributed by atoms with Crippen LogP contribution in [0.1, 0.15) is 19.5 Å². The third kappa shape index (κ3) is 1.95. The third-order valence-electron chi connectivity index (χ3n) is 2.29. The lowest BCUT2D eigenvalue weighted by molar-refractivity contribution is -0.125. The highest BCUT2D eigenvalue weighted by Gasteiger charge is 2.35. The molecule has 0 radical (unpaired) electrons. The molecule has 0 amide bonds. The Labute approximate surface area is 98.1 Å². The molecular weight excluding hydrogens is 224 g/mol. The Bertz CT molecular complexity index is 469. The van der Waals surface area contributed by atoms with Gasteiger partial charge in [0.25, 0.3) is 0 Å². The summed E-state index contributed by atoms with van der Waals surface area (Å²) in [4.78, 5) is 19.9. The Kier molecular flexibility index (Phi) is 2.71. The predicted molar refractivity (Wildman–Crippen MR) is 62.0 cm³/mol. The van der Waals surface area contributed by atoms with Gasteiger partial charge in [0.05, 0.1) is 0 Å². The number of nitrogens with zero attached hydrogens (tertiary/aromatic N) is 2. The third-order valence-corrected chi connectivity index (χ3v) is 2.85. The summed E-state index contributed by atoms with van der Waals surface area (Å²) >= 11 is 1.45. The number of ether oxygens (including phenoxy) is 1. The summed E-state index contributed by atoms with van der Waals surface area (Å²) < 4.78 is 5.56. The van der Waals surface area contributed by atoms with Gasteiger partial charge in [-0.15, -0.1) is 0 Å². The minimum atomic E-state index is -0.778. The summed E-state index contributed by atoms with van der Waals surface area (Å²) in [6.45, 7) is 3.49. The van der Waals surface area contributed by atoms with Crippen LogP contribution in [-0.4, -0.2) is 27.6 Å². The number of carbonyl (C=O) groups excluding carboxylic acids is 1. The van der Waals surface area contributed by atoms with Crippen molar-refractivity contribution in [3.63, 3.8) is 0 Å². The van der Waals surface area contributed by atoms with Crippen LogP contribution in [0.25, 0.3) is 5.76 Å². The second kappa shape index (κ2) is 3.90. The van der Waals surface area contributed by atoms with Crippen molar-refractivity contribution in [1.82, 2.24) is 9.97 Å². The number of hydrogen-bond acceptors (Lipinski definition) is 5. The molecule has 1 aliphatic rings. The van der Waals surface area contributed by atoms with Gasteiger partial charge in [0.2, 0.25) is 5.78 Å². The molecule has 2 rings (SSSR count). The molecule has 0 bridgehead atoms. The minimum absolute atomic E-state index is 0.0354. The number of hydrogen-bond donors (Lipinski definition) is 0. The molecule has 0 N–H and O–H groups in total. The van der Waals surface area contributed by atoms with Crippen molar-refractivity contribution >= 4 is 23.3 Å². The van der Waals surface area contributed by atoms with Crippen molar-refractivity contribution < 1.29 is 9.53 Å². The van der Waals surface area contributed by atoms with Gasteiger partial charge in [0, 0.05) is 12.3 Å². The van der Waals surface area contributed by atoms with Gasteiger partial charge in [-0.05, 0) is 26.2 Å². The Hall–Kier alpha value is -1.36. The first-order chi connectivity index (χ1) is 7.53. The number of aromatic nitrogens is 2. The van der Waals surface area contributed by atoms with E-state index in [1.807, 2.05) is 6.26 Å². The van der Waals surface area contributed by atoms with Crippen molar-refractivity contribution in [2.45, 2.75) is 24.6 Å². The maximum absolute atomic E-state index is 11.6. The first-order valence-corrected chi connectivity index (χ1v) is 6.08. The fourth-order valence-electron chi connectivity index (χ4n) is 1.35. The molecule has 16 heavy (non-hydrogen) atoms. The van der Waals surface area contributed by atoms with Crippen LogP contribution < -0.4 is 0 Å². The highest BCUT2D eigenvalue weighted by atomic mass is 32.2. The maximum Gasteiger partial charge on any atom is 0.202 e. The molecular formula is C11H12N2O2S. The molecule has 5 heteroatoms. The summed E-state index contributed by atoms with van der Waals surface area (Å²) in [5.74, 6) is 0.486. The van der Waals surface area contributed by atoms with Gasteiger partial charge in [-0.3, -0.25) is 4.79 Å². The van der Waals surface area contributed by atoms with Crippen LogP contribution in [0.2, 0.25) is 0 Å². The average molecular weight is 236 g/mol. The van der Waals surface area contributed by atoms with Gasteiger partial charge in [0.15, 0.2) is 10.8 Å². The van der Waals surface area contributed by atoms with Gasteiger partial charge >= 0.3 is 0 Å². The van der Waals surface area contributed by atoms with Crippen molar-refractivity contribution in [1.29, 1.82) is 0 Å².